The quantitative estimate of drug-likeness (QED) is 0.446. The maximum absolute atomic E-state index is 10.1. The van der Waals surface area contributed by atoms with Crippen molar-refractivity contribution in [3.8, 4) is 0 Å². The number of aliphatic hydroxyl groups excluding tert-OH is 1. The van der Waals surface area contributed by atoms with E-state index in [1.165, 1.54) is 0 Å². The van der Waals surface area contributed by atoms with Crippen LogP contribution in [-0.4, -0.2) is 17.3 Å². The minimum absolute atomic E-state index is 0. The third kappa shape index (κ3) is 107. The van der Waals surface area contributed by atoms with Crippen molar-refractivity contribution >= 4 is 0 Å². The monoisotopic (exact) mass is 172 g/mol. The van der Waals surface area contributed by atoms with Crippen LogP contribution in [0.15, 0.2) is 0 Å². The van der Waals surface area contributed by atoms with E-state index >= 15 is 0 Å². The van der Waals surface area contributed by atoms with Gasteiger partial charge in [-0.05, 0) is 6.42 Å². The second-order valence-corrected chi connectivity index (χ2v) is 2.84. The van der Waals surface area contributed by atoms with Gasteiger partial charge in [0.2, 0.25) is 0 Å². The first kappa shape index (κ1) is 17.6. The van der Waals surface area contributed by atoms with Crippen molar-refractivity contribution < 1.29 is 61.6 Å². The van der Waals surface area contributed by atoms with Crippen LogP contribution in [-0.2, 0) is 0 Å². The molecule has 10 heavy (non-hydrogen) atoms. The predicted octanol–water partition coefficient (Wildman–Crippen LogP) is -2.46. The van der Waals surface area contributed by atoms with Crippen LogP contribution in [0.25, 0.3) is 0 Å². The fourth-order valence-electron chi connectivity index (χ4n) is 0. The first-order valence-corrected chi connectivity index (χ1v) is 3.23. The van der Waals surface area contributed by atoms with Gasteiger partial charge in [0.1, 0.15) is 0 Å². The summed E-state index contributed by atoms with van der Waals surface area (Å²) >= 11 is 0. The summed E-state index contributed by atoms with van der Waals surface area (Å²) in [6, 6.07) is 0. The zero-order chi connectivity index (χ0) is 7.91. The number of hydrogen-bond acceptors (Lipinski definition) is 2. The number of aliphatic hydroxyl groups is 1. The molecule has 0 atom stereocenters. The maximum atomic E-state index is 10.1. The average molecular weight is 172 g/mol. The van der Waals surface area contributed by atoms with Crippen LogP contribution in [0, 0.1) is 0 Å². The molecule has 0 fully saturated rings. The van der Waals surface area contributed by atoms with E-state index in [9.17, 15) is 5.11 Å². The molecule has 0 saturated carbocycles. The van der Waals surface area contributed by atoms with Gasteiger partial charge in [-0.25, -0.2) is 0 Å². The van der Waals surface area contributed by atoms with E-state index in [0.29, 0.717) is 6.61 Å². The molecule has 0 radical (unpaired) electrons. The minimum atomic E-state index is -0.750. The molecule has 0 unspecified atom stereocenters. The van der Waals surface area contributed by atoms with E-state index in [1.54, 1.807) is 20.8 Å². The summed E-state index contributed by atoms with van der Waals surface area (Å²) in [6.45, 7) is 7.15. The van der Waals surface area contributed by atoms with Crippen molar-refractivity contribution in [2.24, 2.45) is 0 Å². The molecule has 58 valence electrons. The molecule has 0 rings (SSSR count). The van der Waals surface area contributed by atoms with Crippen LogP contribution in [0.5, 0.6) is 0 Å². The molecule has 0 saturated heterocycles. The Balaban J connectivity index is -0.0000000910. The van der Waals surface area contributed by atoms with Crippen LogP contribution in [0.3, 0.4) is 0 Å². The summed E-state index contributed by atoms with van der Waals surface area (Å²) in [5, 5.41) is 18.0. The predicted molar refractivity (Wildman–Crippen MR) is 37.1 cm³/mol. The van der Waals surface area contributed by atoms with E-state index < -0.39 is 5.60 Å². The Morgan fingerprint density at radius 2 is 1.40 bits per heavy atom. The topological polar surface area (TPSA) is 43.3 Å². The van der Waals surface area contributed by atoms with Crippen molar-refractivity contribution in [2.45, 2.75) is 39.7 Å². The van der Waals surface area contributed by atoms with Gasteiger partial charge in [0.15, 0.2) is 0 Å². The van der Waals surface area contributed by atoms with Crippen molar-refractivity contribution in [3.05, 3.63) is 0 Å². The fraction of sp³-hybridized carbons (Fsp3) is 1.00. The van der Waals surface area contributed by atoms with Gasteiger partial charge in [-0.3, -0.25) is 0 Å². The molecule has 0 aromatic rings. The zero-order valence-electron chi connectivity index (χ0n) is 7.77. The summed E-state index contributed by atoms with van der Waals surface area (Å²) in [7, 11) is 0. The molecule has 0 amide bonds. The Morgan fingerprint density at radius 3 is 1.40 bits per heavy atom. The maximum Gasteiger partial charge on any atom is 1.00 e. The van der Waals surface area contributed by atoms with Gasteiger partial charge in [0.25, 0.3) is 0 Å². The first-order chi connectivity index (χ1) is 3.91. The average Bonchev–Trinajstić information content (AvgIpc) is 1.61. The molecule has 0 spiro atoms. The summed E-state index contributed by atoms with van der Waals surface area (Å²) in [5.74, 6) is 0. The van der Waals surface area contributed by atoms with Gasteiger partial charge in [0, 0.05) is 6.61 Å². The molecule has 1 N–H and O–H groups in total. The normalized spacial score (nSPS) is 9.00. The third-order valence-corrected chi connectivity index (χ3v) is 0.224. The summed E-state index contributed by atoms with van der Waals surface area (Å²) < 4.78 is 0. The Kier molecular flexibility index (Phi) is 18.6. The Hall–Kier alpha value is 1.56. The molecule has 0 aromatic carbocycles. The fourth-order valence-corrected chi connectivity index (χ4v) is 0. The molecular formula is C7H17KO2. The number of rotatable bonds is 1. The second kappa shape index (κ2) is 10.6. The summed E-state index contributed by atoms with van der Waals surface area (Å²) in [5.41, 5.74) is -0.750. The molecule has 2 nitrogen and oxygen atoms in total. The van der Waals surface area contributed by atoms with Gasteiger partial charge < -0.3 is 10.2 Å². The minimum Gasteiger partial charge on any atom is -0.850 e. The molecule has 0 heterocycles. The van der Waals surface area contributed by atoms with E-state index in [0.717, 1.165) is 6.42 Å². The van der Waals surface area contributed by atoms with E-state index in [1.807, 2.05) is 6.92 Å². The van der Waals surface area contributed by atoms with Crippen LogP contribution in [0.1, 0.15) is 34.1 Å². The van der Waals surface area contributed by atoms with Gasteiger partial charge in [-0.15, -0.1) is 5.60 Å². The van der Waals surface area contributed by atoms with Crippen molar-refractivity contribution in [1.82, 2.24) is 0 Å². The van der Waals surface area contributed by atoms with E-state index in [2.05, 4.69) is 0 Å². The van der Waals surface area contributed by atoms with Crippen LogP contribution < -0.4 is 56.5 Å². The van der Waals surface area contributed by atoms with Crippen LogP contribution in [0.2, 0.25) is 0 Å². The molecular weight excluding hydrogens is 155 g/mol. The Bertz CT molecular complexity index is 42.1. The Morgan fingerprint density at radius 1 is 1.30 bits per heavy atom. The molecule has 0 aliphatic heterocycles. The third-order valence-electron chi connectivity index (χ3n) is 0.224. The number of hydrogen-bond donors (Lipinski definition) is 1. The smallest absolute Gasteiger partial charge is 0.850 e. The first-order valence-electron chi connectivity index (χ1n) is 3.23. The van der Waals surface area contributed by atoms with E-state index in [4.69, 9.17) is 5.11 Å². The largest absolute Gasteiger partial charge is 1.00 e. The Labute approximate surface area is 106 Å². The SMILES string of the molecule is CC(C)(C)[O-].CCCO.[K+]. The van der Waals surface area contributed by atoms with Crippen molar-refractivity contribution in [2.75, 3.05) is 6.61 Å². The van der Waals surface area contributed by atoms with E-state index in [-0.39, 0.29) is 51.4 Å². The molecule has 0 aromatic heterocycles. The van der Waals surface area contributed by atoms with Crippen molar-refractivity contribution in [3.63, 3.8) is 0 Å². The molecule has 3 heteroatoms. The summed E-state index contributed by atoms with van der Waals surface area (Å²) in [6.07, 6.45) is 0.875. The standard InChI is InChI=1S/C4H9O.C3H8O.K/c1-4(2,3)5;1-2-3-4;/h1-3H3;4H,2-3H2,1H3;/q-1;;+1. The molecule has 0 aliphatic carbocycles. The van der Waals surface area contributed by atoms with Gasteiger partial charge in [-0.1, -0.05) is 27.7 Å². The summed E-state index contributed by atoms with van der Waals surface area (Å²) in [4.78, 5) is 0. The molecule has 0 aliphatic rings. The van der Waals surface area contributed by atoms with Crippen LogP contribution in [0.4, 0.5) is 0 Å². The van der Waals surface area contributed by atoms with Gasteiger partial charge in [0.05, 0.1) is 0 Å². The van der Waals surface area contributed by atoms with Crippen molar-refractivity contribution in [1.29, 1.82) is 0 Å². The van der Waals surface area contributed by atoms with Gasteiger partial charge >= 0.3 is 51.4 Å². The zero-order valence-corrected chi connectivity index (χ0v) is 10.9. The molecule has 0 bridgehead atoms. The second-order valence-electron chi connectivity index (χ2n) is 2.84. The van der Waals surface area contributed by atoms with Gasteiger partial charge in [-0.2, -0.15) is 0 Å². The van der Waals surface area contributed by atoms with Crippen LogP contribution >= 0.6 is 0 Å².